The Bertz CT molecular complexity index is 406. The van der Waals surface area contributed by atoms with Gasteiger partial charge in [-0.1, -0.05) is 6.92 Å². The van der Waals surface area contributed by atoms with E-state index in [-0.39, 0.29) is 0 Å². The molecule has 0 N–H and O–H groups in total. The van der Waals surface area contributed by atoms with Crippen LogP contribution < -0.4 is 4.57 Å². The highest BCUT2D eigenvalue weighted by Gasteiger charge is 2.13. The molecule has 0 spiro atoms. The minimum absolute atomic E-state index is 0.542. The van der Waals surface area contributed by atoms with Crippen molar-refractivity contribution >= 4 is 0 Å². The molecular weight excluding hydrogens is 200 g/mol. The minimum atomic E-state index is 0.542. The molecule has 16 heavy (non-hydrogen) atoms. The first-order chi connectivity index (χ1) is 7.83. The van der Waals surface area contributed by atoms with Gasteiger partial charge in [0.2, 0.25) is 0 Å². The van der Waals surface area contributed by atoms with Gasteiger partial charge in [-0.25, -0.2) is 9.13 Å². The zero-order chi connectivity index (χ0) is 11.8. The first-order valence-electron chi connectivity index (χ1n) is 5.64. The lowest BCUT2D eigenvalue weighted by Gasteiger charge is -2.00. The molecule has 0 aromatic carbocycles. The van der Waals surface area contributed by atoms with Crippen LogP contribution in [0.4, 0.5) is 0 Å². The van der Waals surface area contributed by atoms with E-state index in [1.165, 1.54) is 5.82 Å². The average molecular weight is 217 g/mol. The summed E-state index contributed by atoms with van der Waals surface area (Å²) in [6.45, 7) is 3.75. The number of aromatic nitrogens is 2. The van der Waals surface area contributed by atoms with E-state index in [9.17, 15) is 0 Å². The van der Waals surface area contributed by atoms with E-state index in [4.69, 9.17) is 10.5 Å². The van der Waals surface area contributed by atoms with Crippen LogP contribution in [-0.2, 0) is 19.5 Å². The third-order valence-electron chi connectivity index (χ3n) is 2.56. The summed E-state index contributed by atoms with van der Waals surface area (Å²) in [5.41, 5.74) is 0. The van der Waals surface area contributed by atoms with Crippen molar-refractivity contribution in [1.29, 1.82) is 10.5 Å². The molecule has 1 aromatic heterocycles. The zero-order valence-electron chi connectivity index (χ0n) is 9.69. The predicted octanol–water partition coefficient (Wildman–Crippen LogP) is 1.56. The van der Waals surface area contributed by atoms with E-state index >= 15 is 0 Å². The second-order valence-electron chi connectivity index (χ2n) is 3.62. The zero-order valence-corrected chi connectivity index (χ0v) is 9.69. The summed E-state index contributed by atoms with van der Waals surface area (Å²) < 4.78 is 4.30. The molecule has 0 saturated carbocycles. The molecule has 0 aliphatic heterocycles. The standard InChI is InChI=1S/C12H17N4/c1-2-12-15(8-4-3-6-13)10-11-16(12)9-5-7-14/h10-11H,2-5,8-9H2,1H3/q+1. The fourth-order valence-electron chi connectivity index (χ4n) is 1.81. The van der Waals surface area contributed by atoms with Gasteiger partial charge >= 0.3 is 0 Å². The molecule has 84 valence electrons. The lowest BCUT2D eigenvalue weighted by molar-refractivity contribution is -0.702. The van der Waals surface area contributed by atoms with Crippen molar-refractivity contribution in [2.75, 3.05) is 0 Å². The molecule has 0 saturated heterocycles. The molecule has 4 nitrogen and oxygen atoms in total. The number of aryl methyl sites for hydroxylation is 2. The molecule has 0 fully saturated rings. The molecule has 4 heteroatoms. The minimum Gasteiger partial charge on any atom is -0.234 e. The van der Waals surface area contributed by atoms with Crippen molar-refractivity contribution in [3.63, 3.8) is 0 Å². The van der Waals surface area contributed by atoms with Crippen molar-refractivity contribution in [2.24, 2.45) is 0 Å². The number of unbranched alkanes of at least 4 members (excludes halogenated alkanes) is 1. The molecule has 0 aliphatic rings. The van der Waals surface area contributed by atoms with Crippen LogP contribution in [0.1, 0.15) is 32.0 Å². The van der Waals surface area contributed by atoms with Gasteiger partial charge in [0.15, 0.2) is 0 Å². The number of hydrogen-bond donors (Lipinski definition) is 0. The maximum atomic E-state index is 8.57. The number of nitrogens with zero attached hydrogens (tertiary/aromatic N) is 4. The van der Waals surface area contributed by atoms with Gasteiger partial charge in [0.05, 0.1) is 25.1 Å². The lowest BCUT2D eigenvalue weighted by atomic mass is 10.3. The predicted molar refractivity (Wildman–Crippen MR) is 59.1 cm³/mol. The fraction of sp³-hybridized carbons (Fsp3) is 0.583. The molecule has 1 aromatic rings. The monoisotopic (exact) mass is 217 g/mol. The van der Waals surface area contributed by atoms with Gasteiger partial charge in [-0.15, -0.1) is 0 Å². The normalized spacial score (nSPS) is 9.69. The maximum Gasteiger partial charge on any atom is 0.256 e. The molecular formula is C12H17N4+. The highest BCUT2D eigenvalue weighted by Crippen LogP contribution is 2.01. The average Bonchev–Trinajstić information content (AvgIpc) is 2.69. The largest absolute Gasteiger partial charge is 0.256 e. The van der Waals surface area contributed by atoms with Gasteiger partial charge in [-0.05, 0) is 6.42 Å². The Morgan fingerprint density at radius 3 is 2.69 bits per heavy atom. The van der Waals surface area contributed by atoms with Gasteiger partial charge in [0.1, 0.15) is 18.9 Å². The first-order valence-corrected chi connectivity index (χ1v) is 5.64. The van der Waals surface area contributed by atoms with Gasteiger partial charge < -0.3 is 0 Å². The van der Waals surface area contributed by atoms with Gasteiger partial charge in [-0.3, -0.25) is 0 Å². The summed E-state index contributed by atoms with van der Waals surface area (Å²) in [6.07, 6.45) is 7.02. The van der Waals surface area contributed by atoms with E-state index in [1.807, 2.05) is 12.4 Å². The van der Waals surface area contributed by atoms with Crippen molar-refractivity contribution in [1.82, 2.24) is 4.57 Å². The van der Waals surface area contributed by atoms with Crippen LogP contribution in [-0.4, -0.2) is 4.57 Å². The highest BCUT2D eigenvalue weighted by molar-refractivity contribution is 4.84. The summed E-state index contributed by atoms with van der Waals surface area (Å²) in [6, 6.07) is 4.31. The molecule has 0 unspecified atom stereocenters. The number of rotatable bonds is 6. The molecule has 0 bridgehead atoms. The van der Waals surface area contributed by atoms with Gasteiger partial charge in [0, 0.05) is 12.8 Å². The van der Waals surface area contributed by atoms with Crippen molar-refractivity contribution in [3.05, 3.63) is 18.2 Å². The third kappa shape index (κ3) is 3.10. The SMILES string of the molecule is CCc1n(CCCC#N)cc[n+]1CCC#N. The van der Waals surface area contributed by atoms with Crippen molar-refractivity contribution < 1.29 is 4.57 Å². The second-order valence-corrected chi connectivity index (χ2v) is 3.62. The van der Waals surface area contributed by atoms with Crippen LogP contribution in [0.25, 0.3) is 0 Å². The molecule has 0 aliphatic carbocycles. The Balaban J connectivity index is 2.67. The Morgan fingerprint density at radius 1 is 1.31 bits per heavy atom. The van der Waals surface area contributed by atoms with E-state index in [1.54, 1.807) is 0 Å². The van der Waals surface area contributed by atoms with Crippen LogP contribution >= 0.6 is 0 Å². The molecule has 0 amide bonds. The fourth-order valence-corrected chi connectivity index (χ4v) is 1.81. The van der Waals surface area contributed by atoms with Crippen molar-refractivity contribution in [2.45, 2.75) is 45.7 Å². The number of hydrogen-bond acceptors (Lipinski definition) is 2. The summed E-state index contributed by atoms with van der Waals surface area (Å²) in [4.78, 5) is 0. The van der Waals surface area contributed by atoms with Crippen LogP contribution in [0.5, 0.6) is 0 Å². The number of nitriles is 2. The summed E-state index contributed by atoms with van der Waals surface area (Å²) in [5.74, 6) is 1.23. The third-order valence-corrected chi connectivity index (χ3v) is 2.56. The topological polar surface area (TPSA) is 56.4 Å². The Hall–Kier alpha value is -1.81. The lowest BCUT2D eigenvalue weighted by Crippen LogP contribution is -2.36. The smallest absolute Gasteiger partial charge is 0.234 e. The van der Waals surface area contributed by atoms with Crippen LogP contribution in [0.3, 0.4) is 0 Å². The quantitative estimate of drug-likeness (QED) is 0.536. The summed E-state index contributed by atoms with van der Waals surface area (Å²) >= 11 is 0. The van der Waals surface area contributed by atoms with E-state index in [0.717, 1.165) is 25.9 Å². The maximum absolute atomic E-state index is 8.57. The molecule has 1 heterocycles. The highest BCUT2D eigenvalue weighted by atomic mass is 15.1. The molecule has 0 radical (unpaired) electrons. The van der Waals surface area contributed by atoms with Crippen molar-refractivity contribution in [3.8, 4) is 12.1 Å². The van der Waals surface area contributed by atoms with Crippen LogP contribution in [0, 0.1) is 22.7 Å². The number of imidazole rings is 1. The van der Waals surface area contributed by atoms with Crippen LogP contribution in [0.2, 0.25) is 0 Å². The van der Waals surface area contributed by atoms with Crippen LogP contribution in [0.15, 0.2) is 12.4 Å². The Labute approximate surface area is 96.3 Å². The Kier molecular flexibility index (Phi) is 5.08. The van der Waals surface area contributed by atoms with E-state index < -0.39 is 0 Å². The summed E-state index contributed by atoms with van der Waals surface area (Å²) in [5, 5.41) is 17.1. The molecule has 0 atom stereocenters. The van der Waals surface area contributed by atoms with E-state index in [2.05, 4.69) is 28.2 Å². The summed E-state index contributed by atoms with van der Waals surface area (Å²) in [7, 11) is 0. The van der Waals surface area contributed by atoms with E-state index in [0.29, 0.717) is 12.8 Å². The first kappa shape index (κ1) is 12.3. The molecule has 1 rings (SSSR count). The van der Waals surface area contributed by atoms with Gasteiger partial charge in [0.25, 0.3) is 5.82 Å². The second kappa shape index (κ2) is 6.63. The Morgan fingerprint density at radius 2 is 2.06 bits per heavy atom. The van der Waals surface area contributed by atoms with Gasteiger partial charge in [-0.2, -0.15) is 10.5 Å².